The molecule has 0 saturated carbocycles. The number of carbonyl (C=O) groups is 1. The number of hydrogen-bond acceptors (Lipinski definition) is 2. The molecule has 0 aliphatic carbocycles. The highest BCUT2D eigenvalue weighted by Crippen LogP contribution is 2.35. The fraction of sp³-hybridized carbons (Fsp3) is 0.0323. The first-order chi connectivity index (χ1) is 17.6. The molecule has 0 fully saturated rings. The Hall–Kier alpha value is -4.41. The van der Waals surface area contributed by atoms with Crippen molar-refractivity contribution in [2.45, 2.75) is 6.92 Å². The van der Waals surface area contributed by atoms with Gasteiger partial charge in [-0.3, -0.25) is 4.79 Å². The third kappa shape index (κ3) is 4.85. The van der Waals surface area contributed by atoms with Crippen LogP contribution in [0.2, 0.25) is 5.02 Å². The molecule has 1 heterocycles. The summed E-state index contributed by atoms with van der Waals surface area (Å²) in [6, 6.07) is 37.7. The summed E-state index contributed by atoms with van der Waals surface area (Å²) < 4.78 is 2.20. The summed E-state index contributed by atoms with van der Waals surface area (Å²) in [7, 11) is 0. The van der Waals surface area contributed by atoms with Crippen LogP contribution in [-0.4, -0.2) is 16.7 Å². The highest BCUT2D eigenvalue weighted by atomic mass is 35.5. The van der Waals surface area contributed by atoms with Crippen LogP contribution in [0.25, 0.3) is 28.2 Å². The fourth-order valence-corrected chi connectivity index (χ4v) is 4.37. The maximum absolute atomic E-state index is 12.7. The van der Waals surface area contributed by atoms with Crippen LogP contribution in [-0.2, 0) is 0 Å². The molecule has 5 heteroatoms. The van der Waals surface area contributed by atoms with Gasteiger partial charge in [0, 0.05) is 21.8 Å². The SMILES string of the molecule is Cc1ccccc1C(=O)N/N=C/c1cc(-c2ccccc2)n(-c2ccc(Cl)cc2)c1-c1ccccc1. The Balaban J connectivity index is 1.64. The third-order valence-electron chi connectivity index (χ3n) is 5.99. The Labute approximate surface area is 215 Å². The summed E-state index contributed by atoms with van der Waals surface area (Å²) in [5.41, 5.74) is 10.1. The molecular weight excluding hydrogens is 466 g/mol. The number of hydrazone groups is 1. The highest BCUT2D eigenvalue weighted by Gasteiger charge is 2.19. The molecule has 1 aromatic heterocycles. The first-order valence-corrected chi connectivity index (χ1v) is 12.0. The second-order valence-electron chi connectivity index (χ2n) is 8.39. The van der Waals surface area contributed by atoms with Crippen LogP contribution in [0.1, 0.15) is 21.5 Å². The number of aryl methyl sites for hydroxylation is 1. The molecule has 0 radical (unpaired) electrons. The maximum Gasteiger partial charge on any atom is 0.271 e. The summed E-state index contributed by atoms with van der Waals surface area (Å²) in [6.07, 6.45) is 1.71. The van der Waals surface area contributed by atoms with Gasteiger partial charge in [0.1, 0.15) is 0 Å². The first-order valence-electron chi connectivity index (χ1n) is 11.6. The van der Waals surface area contributed by atoms with Gasteiger partial charge in [0.25, 0.3) is 5.91 Å². The van der Waals surface area contributed by atoms with Crippen LogP contribution in [0, 0.1) is 6.92 Å². The number of carbonyl (C=O) groups excluding carboxylic acids is 1. The van der Waals surface area contributed by atoms with Crippen molar-refractivity contribution in [3.63, 3.8) is 0 Å². The zero-order chi connectivity index (χ0) is 24.9. The van der Waals surface area contributed by atoms with E-state index in [2.05, 4.69) is 45.4 Å². The molecule has 0 aliphatic heterocycles. The lowest BCUT2D eigenvalue weighted by Gasteiger charge is -2.15. The van der Waals surface area contributed by atoms with Gasteiger partial charge in [-0.25, -0.2) is 5.43 Å². The molecule has 1 N–H and O–H groups in total. The molecule has 0 aliphatic rings. The standard InChI is InChI=1S/C31H24ClN3O/c1-22-10-8-9-15-28(22)31(36)34-33-21-25-20-29(23-11-4-2-5-12-23)35(27-18-16-26(32)17-19-27)30(25)24-13-6-3-7-14-24/h2-21H,1H3,(H,34,36)/b33-21+. The van der Waals surface area contributed by atoms with Gasteiger partial charge in [0.05, 0.1) is 17.6 Å². The van der Waals surface area contributed by atoms with E-state index in [1.807, 2.05) is 85.8 Å². The Kier molecular flexibility index (Phi) is 6.78. The van der Waals surface area contributed by atoms with Gasteiger partial charge in [0.15, 0.2) is 0 Å². The molecule has 5 aromatic rings. The number of benzene rings is 4. The molecule has 4 nitrogen and oxygen atoms in total. The fourth-order valence-electron chi connectivity index (χ4n) is 4.25. The molecule has 0 unspecified atom stereocenters. The van der Waals surface area contributed by atoms with E-state index in [1.54, 1.807) is 12.3 Å². The summed E-state index contributed by atoms with van der Waals surface area (Å²) in [5.74, 6) is -0.244. The predicted octanol–water partition coefficient (Wildman–Crippen LogP) is 7.54. The maximum atomic E-state index is 12.7. The van der Waals surface area contributed by atoms with Gasteiger partial charge >= 0.3 is 0 Å². The van der Waals surface area contributed by atoms with E-state index in [1.165, 1.54) is 0 Å². The van der Waals surface area contributed by atoms with E-state index in [4.69, 9.17) is 11.6 Å². The van der Waals surface area contributed by atoms with Crippen LogP contribution in [0.4, 0.5) is 0 Å². The van der Waals surface area contributed by atoms with Gasteiger partial charge in [-0.15, -0.1) is 0 Å². The van der Waals surface area contributed by atoms with Crippen molar-refractivity contribution in [1.82, 2.24) is 9.99 Å². The lowest BCUT2D eigenvalue weighted by Crippen LogP contribution is -2.18. The molecule has 5 rings (SSSR count). The number of halogens is 1. The van der Waals surface area contributed by atoms with E-state index in [9.17, 15) is 4.79 Å². The Morgan fingerprint density at radius 1 is 0.806 bits per heavy atom. The van der Waals surface area contributed by atoms with Gasteiger partial charge in [-0.1, -0.05) is 90.5 Å². The molecule has 0 bridgehead atoms. The van der Waals surface area contributed by atoms with Crippen LogP contribution in [0.15, 0.2) is 120 Å². The van der Waals surface area contributed by atoms with Crippen LogP contribution in [0.3, 0.4) is 0 Å². The quantitative estimate of drug-likeness (QED) is 0.194. The first kappa shape index (κ1) is 23.3. The van der Waals surface area contributed by atoms with E-state index in [0.29, 0.717) is 10.6 Å². The molecule has 4 aromatic carbocycles. The van der Waals surface area contributed by atoms with E-state index in [0.717, 1.165) is 39.3 Å². The predicted molar refractivity (Wildman–Crippen MR) is 148 cm³/mol. The Morgan fingerprint density at radius 2 is 1.42 bits per heavy atom. The number of rotatable bonds is 6. The van der Waals surface area contributed by atoms with Crippen molar-refractivity contribution in [3.05, 3.63) is 137 Å². The average Bonchev–Trinajstić information content (AvgIpc) is 3.29. The van der Waals surface area contributed by atoms with Crippen molar-refractivity contribution < 1.29 is 4.79 Å². The Morgan fingerprint density at radius 3 is 2.08 bits per heavy atom. The van der Waals surface area contributed by atoms with Crippen molar-refractivity contribution >= 4 is 23.7 Å². The summed E-state index contributed by atoms with van der Waals surface area (Å²) >= 11 is 6.21. The van der Waals surface area contributed by atoms with Crippen molar-refractivity contribution in [1.29, 1.82) is 0 Å². The van der Waals surface area contributed by atoms with Crippen LogP contribution < -0.4 is 5.43 Å². The largest absolute Gasteiger partial charge is 0.309 e. The molecule has 0 spiro atoms. The number of aromatic nitrogens is 1. The zero-order valence-electron chi connectivity index (χ0n) is 19.7. The average molecular weight is 490 g/mol. The van der Waals surface area contributed by atoms with Crippen molar-refractivity contribution in [2.24, 2.45) is 5.10 Å². The van der Waals surface area contributed by atoms with Gasteiger partial charge in [-0.05, 0) is 60.0 Å². The van der Waals surface area contributed by atoms with Crippen LogP contribution >= 0.6 is 11.6 Å². The van der Waals surface area contributed by atoms with Crippen molar-refractivity contribution in [2.75, 3.05) is 0 Å². The van der Waals surface area contributed by atoms with Gasteiger partial charge in [0.2, 0.25) is 0 Å². The van der Waals surface area contributed by atoms with E-state index >= 15 is 0 Å². The lowest BCUT2D eigenvalue weighted by molar-refractivity contribution is 0.0954. The second kappa shape index (κ2) is 10.5. The van der Waals surface area contributed by atoms with E-state index in [-0.39, 0.29) is 5.91 Å². The smallest absolute Gasteiger partial charge is 0.271 e. The summed E-state index contributed by atoms with van der Waals surface area (Å²) in [5, 5.41) is 5.02. The Bertz CT molecular complexity index is 1520. The van der Waals surface area contributed by atoms with Crippen LogP contribution in [0.5, 0.6) is 0 Å². The highest BCUT2D eigenvalue weighted by molar-refractivity contribution is 6.30. The minimum Gasteiger partial charge on any atom is -0.309 e. The number of nitrogens with zero attached hydrogens (tertiary/aromatic N) is 2. The molecule has 1 amide bonds. The number of hydrogen-bond donors (Lipinski definition) is 1. The van der Waals surface area contributed by atoms with Gasteiger partial charge in [-0.2, -0.15) is 5.10 Å². The topological polar surface area (TPSA) is 46.4 Å². The monoisotopic (exact) mass is 489 g/mol. The molecular formula is C31H24ClN3O. The normalized spacial score (nSPS) is 11.1. The summed E-state index contributed by atoms with van der Waals surface area (Å²) in [6.45, 7) is 1.91. The van der Waals surface area contributed by atoms with Gasteiger partial charge < -0.3 is 4.57 Å². The summed E-state index contributed by atoms with van der Waals surface area (Å²) in [4.78, 5) is 12.7. The third-order valence-corrected chi connectivity index (χ3v) is 6.24. The number of amides is 1. The second-order valence-corrected chi connectivity index (χ2v) is 8.83. The molecule has 0 atom stereocenters. The minimum absolute atomic E-state index is 0.244. The molecule has 176 valence electrons. The minimum atomic E-state index is -0.244. The van der Waals surface area contributed by atoms with E-state index < -0.39 is 0 Å². The zero-order valence-corrected chi connectivity index (χ0v) is 20.5. The molecule has 0 saturated heterocycles. The number of nitrogens with one attached hydrogen (secondary N) is 1. The molecule has 36 heavy (non-hydrogen) atoms. The van der Waals surface area contributed by atoms with Crippen molar-refractivity contribution in [3.8, 4) is 28.2 Å². The lowest BCUT2D eigenvalue weighted by atomic mass is 10.1.